The van der Waals surface area contributed by atoms with Crippen molar-refractivity contribution in [1.29, 1.82) is 0 Å². The Labute approximate surface area is 103 Å². The van der Waals surface area contributed by atoms with E-state index in [0.29, 0.717) is 0 Å². The van der Waals surface area contributed by atoms with E-state index in [-0.39, 0.29) is 0 Å². The maximum absolute atomic E-state index is 5.45. The quantitative estimate of drug-likeness (QED) is 0.851. The van der Waals surface area contributed by atoms with Crippen molar-refractivity contribution < 1.29 is 4.74 Å². The van der Waals surface area contributed by atoms with Crippen molar-refractivity contribution in [2.75, 3.05) is 57.2 Å². The molecule has 0 spiro atoms. The van der Waals surface area contributed by atoms with Crippen LogP contribution in [-0.2, 0) is 0 Å². The molecule has 0 bridgehead atoms. The first-order valence-corrected chi connectivity index (χ1v) is 6.03. The summed E-state index contributed by atoms with van der Waals surface area (Å²) in [5.74, 6) is 0.956. The zero-order chi connectivity index (χ0) is 12.3. The second-order valence-electron chi connectivity index (χ2n) is 4.49. The third-order valence-corrected chi connectivity index (χ3v) is 3.14. The lowest BCUT2D eigenvalue weighted by Crippen LogP contribution is -2.43. The highest BCUT2D eigenvalue weighted by Gasteiger charge is 2.15. The number of piperazine rings is 1. The van der Waals surface area contributed by atoms with Gasteiger partial charge < -0.3 is 19.9 Å². The number of rotatable bonds is 3. The summed E-state index contributed by atoms with van der Waals surface area (Å²) in [6, 6.07) is 6.33. The lowest BCUT2D eigenvalue weighted by molar-refractivity contribution is 0.413. The summed E-state index contributed by atoms with van der Waals surface area (Å²) in [5.41, 5.74) is 2.40. The Morgan fingerprint density at radius 1 is 1.24 bits per heavy atom. The van der Waals surface area contributed by atoms with E-state index in [1.165, 1.54) is 11.4 Å². The summed E-state index contributed by atoms with van der Waals surface area (Å²) in [6.07, 6.45) is 0. The van der Waals surface area contributed by atoms with Gasteiger partial charge in [-0.25, -0.2) is 0 Å². The van der Waals surface area contributed by atoms with Crippen molar-refractivity contribution >= 4 is 11.4 Å². The first kappa shape index (κ1) is 12.0. The highest BCUT2D eigenvalue weighted by Crippen LogP contribution is 2.32. The molecule has 0 unspecified atom stereocenters. The molecule has 0 aromatic heterocycles. The van der Waals surface area contributed by atoms with Gasteiger partial charge in [0.1, 0.15) is 5.75 Å². The van der Waals surface area contributed by atoms with Crippen LogP contribution in [0.4, 0.5) is 11.4 Å². The topological polar surface area (TPSA) is 27.7 Å². The van der Waals surface area contributed by atoms with Crippen LogP contribution in [0.25, 0.3) is 0 Å². The van der Waals surface area contributed by atoms with E-state index in [1.807, 2.05) is 6.07 Å². The second kappa shape index (κ2) is 5.27. The lowest BCUT2D eigenvalue weighted by atomic mass is 10.2. The van der Waals surface area contributed by atoms with Crippen LogP contribution in [0, 0.1) is 0 Å². The molecular formula is C13H21N3O. The second-order valence-corrected chi connectivity index (χ2v) is 4.49. The summed E-state index contributed by atoms with van der Waals surface area (Å²) >= 11 is 0. The molecule has 1 aromatic rings. The summed E-state index contributed by atoms with van der Waals surface area (Å²) in [7, 11) is 5.85. The molecule has 1 heterocycles. The fraction of sp³-hybridized carbons (Fsp3) is 0.538. The Hall–Kier alpha value is -1.42. The summed E-state index contributed by atoms with van der Waals surface area (Å²) in [4.78, 5) is 4.49. The summed E-state index contributed by atoms with van der Waals surface area (Å²) in [6.45, 7) is 4.14. The standard InChI is InChI=1S/C13H21N3O/c1-15(2)11-4-5-13(17-3)12(10-11)16-8-6-14-7-9-16/h4-5,10,14H,6-9H2,1-3H3. The Kier molecular flexibility index (Phi) is 3.74. The molecule has 2 rings (SSSR count). The molecule has 1 fully saturated rings. The highest BCUT2D eigenvalue weighted by atomic mass is 16.5. The molecule has 94 valence electrons. The molecule has 1 aliphatic rings. The summed E-state index contributed by atoms with van der Waals surface area (Å²) < 4.78 is 5.45. The Morgan fingerprint density at radius 2 is 1.94 bits per heavy atom. The average Bonchev–Trinajstić information content (AvgIpc) is 2.39. The van der Waals surface area contributed by atoms with Crippen LogP contribution in [0.5, 0.6) is 5.75 Å². The van der Waals surface area contributed by atoms with E-state index >= 15 is 0 Å². The monoisotopic (exact) mass is 235 g/mol. The number of benzene rings is 1. The average molecular weight is 235 g/mol. The minimum absolute atomic E-state index is 0.956. The molecule has 0 atom stereocenters. The first-order valence-electron chi connectivity index (χ1n) is 6.03. The molecule has 4 heteroatoms. The molecule has 1 aromatic carbocycles. The Bertz CT molecular complexity index is 373. The minimum Gasteiger partial charge on any atom is -0.495 e. The largest absolute Gasteiger partial charge is 0.495 e. The van der Waals surface area contributed by atoms with Crippen molar-refractivity contribution in [2.24, 2.45) is 0 Å². The lowest BCUT2D eigenvalue weighted by Gasteiger charge is -2.31. The molecule has 0 aliphatic carbocycles. The van der Waals surface area contributed by atoms with Gasteiger partial charge in [-0.1, -0.05) is 0 Å². The van der Waals surface area contributed by atoms with Gasteiger partial charge in [-0.05, 0) is 18.2 Å². The van der Waals surface area contributed by atoms with Gasteiger partial charge in [-0.15, -0.1) is 0 Å². The zero-order valence-corrected chi connectivity index (χ0v) is 10.9. The molecule has 0 amide bonds. The van der Waals surface area contributed by atoms with E-state index in [0.717, 1.165) is 31.9 Å². The van der Waals surface area contributed by atoms with Gasteiger partial charge in [0.2, 0.25) is 0 Å². The predicted octanol–water partition coefficient (Wildman–Crippen LogP) is 1.17. The van der Waals surface area contributed by atoms with Crippen LogP contribution in [0.15, 0.2) is 18.2 Å². The third-order valence-electron chi connectivity index (χ3n) is 3.14. The molecule has 1 aliphatic heterocycles. The van der Waals surface area contributed by atoms with E-state index < -0.39 is 0 Å². The van der Waals surface area contributed by atoms with Gasteiger partial charge in [-0.3, -0.25) is 0 Å². The number of nitrogens with one attached hydrogen (secondary N) is 1. The van der Waals surface area contributed by atoms with Crippen molar-refractivity contribution in [3.8, 4) is 5.75 Å². The third kappa shape index (κ3) is 2.64. The van der Waals surface area contributed by atoms with Crippen LogP contribution in [0.2, 0.25) is 0 Å². The molecule has 0 saturated carbocycles. The normalized spacial score (nSPS) is 15.8. The number of hydrogen-bond donors (Lipinski definition) is 1. The van der Waals surface area contributed by atoms with Gasteiger partial charge in [0.05, 0.1) is 12.8 Å². The number of methoxy groups -OCH3 is 1. The van der Waals surface area contributed by atoms with Crippen LogP contribution in [-0.4, -0.2) is 47.4 Å². The number of nitrogens with zero attached hydrogens (tertiary/aromatic N) is 2. The smallest absolute Gasteiger partial charge is 0.142 e. The number of ether oxygens (including phenoxy) is 1. The van der Waals surface area contributed by atoms with Gasteiger partial charge in [0.25, 0.3) is 0 Å². The fourth-order valence-corrected chi connectivity index (χ4v) is 2.11. The number of hydrogen-bond acceptors (Lipinski definition) is 4. The van der Waals surface area contributed by atoms with Crippen LogP contribution in [0.1, 0.15) is 0 Å². The van der Waals surface area contributed by atoms with Crippen molar-refractivity contribution in [1.82, 2.24) is 5.32 Å². The van der Waals surface area contributed by atoms with Crippen LogP contribution >= 0.6 is 0 Å². The maximum atomic E-state index is 5.45. The number of anilines is 2. The highest BCUT2D eigenvalue weighted by molar-refractivity contribution is 5.67. The Balaban J connectivity index is 2.30. The maximum Gasteiger partial charge on any atom is 0.142 e. The van der Waals surface area contributed by atoms with Crippen LogP contribution < -0.4 is 19.9 Å². The zero-order valence-electron chi connectivity index (χ0n) is 10.9. The van der Waals surface area contributed by atoms with Gasteiger partial charge >= 0.3 is 0 Å². The molecule has 1 N–H and O–H groups in total. The van der Waals surface area contributed by atoms with Gasteiger partial charge in [-0.2, -0.15) is 0 Å². The fourth-order valence-electron chi connectivity index (χ4n) is 2.11. The Morgan fingerprint density at radius 3 is 2.53 bits per heavy atom. The minimum atomic E-state index is 0.956. The first-order chi connectivity index (χ1) is 8.22. The van der Waals surface area contributed by atoms with E-state index in [1.54, 1.807) is 7.11 Å². The van der Waals surface area contributed by atoms with E-state index in [2.05, 4.69) is 41.3 Å². The van der Waals surface area contributed by atoms with Crippen molar-refractivity contribution in [3.05, 3.63) is 18.2 Å². The molecular weight excluding hydrogens is 214 g/mol. The SMILES string of the molecule is COc1ccc(N(C)C)cc1N1CCNCC1. The van der Waals surface area contributed by atoms with E-state index in [4.69, 9.17) is 4.74 Å². The predicted molar refractivity (Wildman–Crippen MR) is 72.4 cm³/mol. The van der Waals surface area contributed by atoms with Crippen molar-refractivity contribution in [3.63, 3.8) is 0 Å². The summed E-state index contributed by atoms with van der Waals surface area (Å²) in [5, 5.41) is 3.37. The molecule has 1 saturated heterocycles. The molecule has 4 nitrogen and oxygen atoms in total. The van der Waals surface area contributed by atoms with Gasteiger partial charge in [0.15, 0.2) is 0 Å². The van der Waals surface area contributed by atoms with Crippen molar-refractivity contribution in [2.45, 2.75) is 0 Å². The molecule has 17 heavy (non-hydrogen) atoms. The van der Waals surface area contributed by atoms with Crippen LogP contribution in [0.3, 0.4) is 0 Å². The van der Waals surface area contributed by atoms with Gasteiger partial charge in [0, 0.05) is 46.0 Å². The van der Waals surface area contributed by atoms with E-state index in [9.17, 15) is 0 Å². The molecule has 0 radical (unpaired) electrons.